The normalized spacial score (nSPS) is 33.9. The zero-order valence-corrected chi connectivity index (χ0v) is 10.5. The van der Waals surface area contributed by atoms with E-state index in [9.17, 15) is 9.00 Å². The highest BCUT2D eigenvalue weighted by molar-refractivity contribution is 7.84. The number of fused-ring (bicyclic) bond motifs is 2. The fraction of sp³-hybridized carbons (Fsp3) is 0.909. The molecule has 0 saturated carbocycles. The van der Waals surface area contributed by atoms with Crippen molar-refractivity contribution in [1.29, 1.82) is 0 Å². The van der Waals surface area contributed by atoms with Gasteiger partial charge < -0.3 is 10.6 Å². The van der Waals surface area contributed by atoms with Crippen molar-refractivity contribution >= 4 is 16.7 Å². The molecule has 0 aliphatic carbocycles. The molecule has 4 atom stereocenters. The molecule has 0 radical (unpaired) electrons. The van der Waals surface area contributed by atoms with Gasteiger partial charge in [0, 0.05) is 41.4 Å². The molecule has 2 N–H and O–H groups in total. The van der Waals surface area contributed by atoms with E-state index in [1.165, 1.54) is 6.42 Å². The minimum Gasteiger partial charge on any atom is -0.356 e. The van der Waals surface area contributed by atoms with Crippen molar-refractivity contribution < 1.29 is 9.00 Å². The van der Waals surface area contributed by atoms with Gasteiger partial charge in [-0.3, -0.25) is 9.00 Å². The van der Waals surface area contributed by atoms with Crippen molar-refractivity contribution in [2.24, 2.45) is 5.92 Å². The highest BCUT2D eigenvalue weighted by Gasteiger charge is 2.42. The summed E-state index contributed by atoms with van der Waals surface area (Å²) in [5, 5.41) is 6.41. The van der Waals surface area contributed by atoms with Crippen molar-refractivity contribution in [2.45, 2.75) is 37.8 Å². The summed E-state index contributed by atoms with van der Waals surface area (Å²) in [6.45, 7) is 0.659. The summed E-state index contributed by atoms with van der Waals surface area (Å²) in [6.07, 6.45) is 5.87. The van der Waals surface area contributed by atoms with Gasteiger partial charge in [-0.15, -0.1) is 0 Å². The number of carbonyl (C=O) groups is 1. The minimum absolute atomic E-state index is 0.172. The molecule has 0 aromatic carbocycles. The summed E-state index contributed by atoms with van der Waals surface area (Å²) >= 11 is 0. The first-order valence-electron chi connectivity index (χ1n) is 6.00. The molecule has 2 aliphatic heterocycles. The van der Waals surface area contributed by atoms with Crippen LogP contribution in [0.5, 0.6) is 0 Å². The van der Waals surface area contributed by atoms with Crippen LogP contribution in [0.2, 0.25) is 0 Å². The van der Waals surface area contributed by atoms with E-state index in [4.69, 9.17) is 0 Å². The van der Waals surface area contributed by atoms with E-state index in [2.05, 4.69) is 10.6 Å². The van der Waals surface area contributed by atoms with E-state index in [1.54, 1.807) is 6.26 Å². The minimum atomic E-state index is -0.747. The molecule has 2 aliphatic rings. The Morgan fingerprint density at radius 2 is 2.31 bits per heavy atom. The third-order valence-electron chi connectivity index (χ3n) is 3.54. The van der Waals surface area contributed by atoms with Crippen LogP contribution in [0.1, 0.15) is 25.7 Å². The quantitative estimate of drug-likeness (QED) is 0.670. The number of nitrogens with one attached hydrogen (secondary N) is 2. The third kappa shape index (κ3) is 2.83. The van der Waals surface area contributed by atoms with Gasteiger partial charge in [0.25, 0.3) is 0 Å². The maximum absolute atomic E-state index is 11.9. The van der Waals surface area contributed by atoms with E-state index in [-0.39, 0.29) is 11.8 Å². The van der Waals surface area contributed by atoms with Gasteiger partial charge >= 0.3 is 0 Å². The maximum Gasteiger partial charge on any atom is 0.224 e. The van der Waals surface area contributed by atoms with E-state index in [1.807, 2.05) is 0 Å². The molecule has 2 saturated heterocycles. The Kier molecular flexibility index (Phi) is 3.97. The van der Waals surface area contributed by atoms with Gasteiger partial charge in [0.15, 0.2) is 0 Å². The van der Waals surface area contributed by atoms with Crippen molar-refractivity contribution in [2.75, 3.05) is 18.6 Å². The first-order chi connectivity index (χ1) is 7.66. The largest absolute Gasteiger partial charge is 0.356 e. The molecule has 4 unspecified atom stereocenters. The molecule has 0 spiro atoms. The molecule has 2 bridgehead atoms. The van der Waals surface area contributed by atoms with E-state index >= 15 is 0 Å². The second-order valence-electron chi connectivity index (χ2n) is 4.81. The zero-order chi connectivity index (χ0) is 11.5. The second kappa shape index (κ2) is 5.27. The highest BCUT2D eigenvalue weighted by Crippen LogP contribution is 2.33. The van der Waals surface area contributed by atoms with Gasteiger partial charge in [0.05, 0.1) is 5.92 Å². The molecule has 0 aromatic rings. The van der Waals surface area contributed by atoms with Crippen molar-refractivity contribution in [1.82, 2.24) is 10.6 Å². The van der Waals surface area contributed by atoms with Gasteiger partial charge in [-0.25, -0.2) is 0 Å². The lowest BCUT2D eigenvalue weighted by atomic mass is 9.88. The fourth-order valence-corrected chi connectivity index (χ4v) is 3.28. The molecule has 16 heavy (non-hydrogen) atoms. The number of hydrogen-bond acceptors (Lipinski definition) is 3. The van der Waals surface area contributed by atoms with Crippen LogP contribution >= 0.6 is 0 Å². The third-order valence-corrected chi connectivity index (χ3v) is 4.41. The summed E-state index contributed by atoms with van der Waals surface area (Å²) in [5.74, 6) is 1.03. The molecule has 5 heteroatoms. The molecule has 1 amide bonds. The molecule has 0 aromatic heterocycles. The Morgan fingerprint density at radius 3 is 2.88 bits per heavy atom. The molecule has 2 heterocycles. The van der Waals surface area contributed by atoms with Gasteiger partial charge in [-0.1, -0.05) is 0 Å². The van der Waals surface area contributed by atoms with Gasteiger partial charge in [0.1, 0.15) is 0 Å². The van der Waals surface area contributed by atoms with Crippen LogP contribution in [0.3, 0.4) is 0 Å². The molecular formula is C11H20N2O2S. The Bertz CT molecular complexity index is 296. The van der Waals surface area contributed by atoms with Crippen LogP contribution in [-0.4, -0.2) is 40.8 Å². The number of rotatable bonds is 5. The standard InChI is InChI=1S/C11H20N2O2S/c1-16(15)6-2-5-12-11(14)9-7-8-3-4-10(9)13-8/h8-10,13H,2-7H2,1H3,(H,12,14). The summed E-state index contributed by atoms with van der Waals surface area (Å²) in [7, 11) is -0.747. The molecule has 92 valence electrons. The highest BCUT2D eigenvalue weighted by atomic mass is 32.2. The smallest absolute Gasteiger partial charge is 0.224 e. The van der Waals surface area contributed by atoms with Gasteiger partial charge in [-0.05, 0) is 25.7 Å². The van der Waals surface area contributed by atoms with E-state index in [0.29, 0.717) is 24.4 Å². The Labute approximate surface area is 99.0 Å². The van der Waals surface area contributed by atoms with E-state index in [0.717, 1.165) is 19.3 Å². The number of hydrogen-bond donors (Lipinski definition) is 2. The van der Waals surface area contributed by atoms with Crippen molar-refractivity contribution in [3.63, 3.8) is 0 Å². The predicted molar refractivity (Wildman–Crippen MR) is 64.6 cm³/mol. The number of amides is 1. The van der Waals surface area contributed by atoms with Crippen LogP contribution in [0.4, 0.5) is 0 Å². The molecular weight excluding hydrogens is 224 g/mol. The summed E-state index contributed by atoms with van der Waals surface area (Å²) in [4.78, 5) is 11.9. The lowest BCUT2D eigenvalue weighted by Crippen LogP contribution is -2.38. The summed E-state index contributed by atoms with van der Waals surface area (Å²) < 4.78 is 10.8. The lowest BCUT2D eigenvalue weighted by Gasteiger charge is -2.19. The summed E-state index contributed by atoms with van der Waals surface area (Å²) in [5.41, 5.74) is 0. The molecule has 4 nitrogen and oxygen atoms in total. The van der Waals surface area contributed by atoms with E-state index < -0.39 is 10.8 Å². The Hall–Kier alpha value is -0.420. The van der Waals surface area contributed by atoms with Gasteiger partial charge in [0.2, 0.25) is 5.91 Å². The first-order valence-corrected chi connectivity index (χ1v) is 7.73. The summed E-state index contributed by atoms with van der Waals surface area (Å²) in [6, 6.07) is 0.981. The Balaban J connectivity index is 1.66. The van der Waals surface area contributed by atoms with Crippen LogP contribution in [0, 0.1) is 5.92 Å². The van der Waals surface area contributed by atoms with Crippen LogP contribution in [-0.2, 0) is 15.6 Å². The molecule has 2 rings (SSSR count). The molecule has 2 fully saturated rings. The average Bonchev–Trinajstić information content (AvgIpc) is 2.85. The van der Waals surface area contributed by atoms with Crippen LogP contribution in [0.15, 0.2) is 0 Å². The van der Waals surface area contributed by atoms with Crippen molar-refractivity contribution in [3.8, 4) is 0 Å². The van der Waals surface area contributed by atoms with Crippen molar-refractivity contribution in [3.05, 3.63) is 0 Å². The number of carbonyl (C=O) groups excluding carboxylic acids is 1. The zero-order valence-electron chi connectivity index (χ0n) is 9.70. The fourth-order valence-electron chi connectivity index (χ4n) is 2.73. The topological polar surface area (TPSA) is 58.2 Å². The lowest BCUT2D eigenvalue weighted by molar-refractivity contribution is -0.125. The SMILES string of the molecule is CS(=O)CCCNC(=O)C1CC2CCC1N2. The predicted octanol–water partition coefficient (Wildman–Crippen LogP) is 0.0117. The first kappa shape index (κ1) is 12.0. The second-order valence-corrected chi connectivity index (χ2v) is 6.37. The van der Waals surface area contributed by atoms with Crippen LogP contribution in [0.25, 0.3) is 0 Å². The Morgan fingerprint density at radius 1 is 1.50 bits per heavy atom. The maximum atomic E-state index is 11.9. The van der Waals surface area contributed by atoms with Gasteiger partial charge in [-0.2, -0.15) is 0 Å². The monoisotopic (exact) mass is 244 g/mol. The van der Waals surface area contributed by atoms with Crippen LogP contribution < -0.4 is 10.6 Å². The average molecular weight is 244 g/mol.